The lowest BCUT2D eigenvalue weighted by molar-refractivity contribution is -0.140. The van der Waals surface area contributed by atoms with Crippen molar-refractivity contribution in [3.05, 3.63) is 69.0 Å². The standard InChI is InChI=1S/C26H30Cl2F4N4O/c1-33(2)18-8-9-35(13-18)25(37)36-14-19(17-5-7-21(27)22(28)11-17)24(15-36)34(3)12-16-4-6-20(23(29)10-16)26(30,31)32/h4-7,10-11,18-19,24H,8-9,12-15H2,1-3H3/t18-,19+,24+/m0/s1. The number of rotatable bonds is 5. The summed E-state index contributed by atoms with van der Waals surface area (Å²) in [5.74, 6) is -1.41. The maximum absolute atomic E-state index is 14.2. The molecule has 0 aliphatic carbocycles. The lowest BCUT2D eigenvalue weighted by Gasteiger charge is -2.29. The quantitative estimate of drug-likeness (QED) is 0.432. The lowest BCUT2D eigenvalue weighted by atomic mass is 9.93. The van der Waals surface area contributed by atoms with Gasteiger partial charge >= 0.3 is 12.2 Å². The van der Waals surface area contributed by atoms with Crippen molar-refractivity contribution < 1.29 is 22.4 Å². The molecule has 11 heteroatoms. The summed E-state index contributed by atoms with van der Waals surface area (Å²) < 4.78 is 53.2. The van der Waals surface area contributed by atoms with Crippen LogP contribution in [0.25, 0.3) is 0 Å². The Morgan fingerprint density at radius 2 is 1.73 bits per heavy atom. The van der Waals surface area contributed by atoms with Gasteiger partial charge in [-0.05, 0) is 63.0 Å². The van der Waals surface area contributed by atoms with Crippen LogP contribution < -0.4 is 0 Å². The molecule has 0 aromatic heterocycles. The van der Waals surface area contributed by atoms with Crippen molar-refractivity contribution >= 4 is 29.2 Å². The Balaban J connectivity index is 1.56. The molecule has 2 aromatic rings. The summed E-state index contributed by atoms with van der Waals surface area (Å²) in [6, 6.07) is 8.48. The molecule has 2 saturated heterocycles. The van der Waals surface area contributed by atoms with Gasteiger partial charge < -0.3 is 14.7 Å². The predicted molar refractivity (Wildman–Crippen MR) is 136 cm³/mol. The topological polar surface area (TPSA) is 30.0 Å². The number of urea groups is 1. The number of carbonyl (C=O) groups is 1. The minimum atomic E-state index is -4.75. The fraction of sp³-hybridized carbons (Fsp3) is 0.500. The summed E-state index contributed by atoms with van der Waals surface area (Å²) in [6.45, 7) is 2.43. The highest BCUT2D eigenvalue weighted by molar-refractivity contribution is 6.42. The molecule has 0 unspecified atom stereocenters. The molecule has 37 heavy (non-hydrogen) atoms. The van der Waals surface area contributed by atoms with E-state index in [0.29, 0.717) is 47.8 Å². The Kier molecular flexibility index (Phi) is 8.28. The first kappa shape index (κ1) is 28.0. The van der Waals surface area contributed by atoms with Crippen LogP contribution in [-0.4, -0.2) is 85.0 Å². The Morgan fingerprint density at radius 3 is 2.32 bits per heavy atom. The third-order valence-electron chi connectivity index (χ3n) is 7.43. The van der Waals surface area contributed by atoms with Gasteiger partial charge in [-0.2, -0.15) is 13.2 Å². The number of likely N-dealkylation sites (N-methyl/N-ethyl adjacent to an activating group) is 2. The van der Waals surface area contributed by atoms with Crippen LogP contribution in [0.5, 0.6) is 0 Å². The van der Waals surface area contributed by atoms with Crippen molar-refractivity contribution in [1.29, 1.82) is 0 Å². The van der Waals surface area contributed by atoms with E-state index in [1.54, 1.807) is 12.1 Å². The van der Waals surface area contributed by atoms with Gasteiger partial charge in [0.25, 0.3) is 0 Å². The molecule has 2 aliphatic heterocycles. The third kappa shape index (κ3) is 6.16. The van der Waals surface area contributed by atoms with E-state index in [1.165, 1.54) is 6.07 Å². The zero-order valence-electron chi connectivity index (χ0n) is 20.9. The number of hydrogen-bond acceptors (Lipinski definition) is 3. The SMILES string of the molecule is CN(C)[C@H]1CCN(C(=O)N2C[C@H](c3ccc(Cl)c(Cl)c3)[C@H](N(C)Cc3ccc(C(F)(F)F)c(F)c3)C2)C1. The summed E-state index contributed by atoms with van der Waals surface area (Å²) in [5, 5.41) is 0.830. The molecular weight excluding hydrogens is 531 g/mol. The normalized spacial score (nSPS) is 22.5. The number of carbonyl (C=O) groups excluding carboxylic acids is 1. The second-order valence-corrected chi connectivity index (χ2v) is 10.9. The van der Waals surface area contributed by atoms with Gasteiger partial charge in [-0.1, -0.05) is 35.3 Å². The molecule has 202 valence electrons. The van der Waals surface area contributed by atoms with Crippen molar-refractivity contribution in [3.63, 3.8) is 0 Å². The Morgan fingerprint density at radius 1 is 1.00 bits per heavy atom. The van der Waals surface area contributed by atoms with E-state index in [1.807, 2.05) is 41.9 Å². The van der Waals surface area contributed by atoms with Crippen LogP contribution in [0.4, 0.5) is 22.4 Å². The Hall–Kier alpha value is -2.07. The third-order valence-corrected chi connectivity index (χ3v) is 8.17. The zero-order chi connectivity index (χ0) is 27.1. The van der Waals surface area contributed by atoms with Gasteiger partial charge in [0.1, 0.15) is 5.82 Å². The Bertz CT molecular complexity index is 1150. The van der Waals surface area contributed by atoms with Crippen molar-refractivity contribution in [3.8, 4) is 0 Å². The van der Waals surface area contributed by atoms with Crippen molar-refractivity contribution in [2.45, 2.75) is 37.1 Å². The van der Waals surface area contributed by atoms with E-state index in [4.69, 9.17) is 23.2 Å². The van der Waals surface area contributed by atoms with Crippen LogP contribution in [0.15, 0.2) is 36.4 Å². The molecule has 2 amide bonds. The van der Waals surface area contributed by atoms with Crippen molar-refractivity contribution in [2.24, 2.45) is 0 Å². The average molecular weight is 561 g/mol. The summed E-state index contributed by atoms with van der Waals surface area (Å²) in [4.78, 5) is 21.2. The van der Waals surface area contributed by atoms with Gasteiger partial charge in [-0.15, -0.1) is 0 Å². The number of halogens is 6. The summed E-state index contributed by atoms with van der Waals surface area (Å²) in [5.41, 5.74) is 0.0404. The molecule has 2 aliphatic rings. The maximum Gasteiger partial charge on any atom is 0.419 e. The molecule has 0 radical (unpaired) electrons. The zero-order valence-corrected chi connectivity index (χ0v) is 22.4. The Labute approximate surface area is 224 Å². The van der Waals surface area contributed by atoms with E-state index in [-0.39, 0.29) is 24.5 Å². The van der Waals surface area contributed by atoms with Crippen LogP contribution in [0, 0.1) is 5.82 Å². The summed E-state index contributed by atoms with van der Waals surface area (Å²) in [7, 11) is 5.84. The monoisotopic (exact) mass is 560 g/mol. The van der Waals surface area contributed by atoms with E-state index in [9.17, 15) is 22.4 Å². The van der Waals surface area contributed by atoms with Gasteiger partial charge in [0.05, 0.1) is 15.6 Å². The molecule has 2 fully saturated rings. The number of hydrogen-bond donors (Lipinski definition) is 0. The highest BCUT2D eigenvalue weighted by atomic mass is 35.5. The molecule has 5 nitrogen and oxygen atoms in total. The number of alkyl halides is 3. The number of nitrogens with zero attached hydrogens (tertiary/aromatic N) is 4. The van der Waals surface area contributed by atoms with Crippen molar-refractivity contribution in [1.82, 2.24) is 19.6 Å². The summed E-state index contributed by atoms with van der Waals surface area (Å²) in [6.07, 6.45) is -3.84. The number of benzene rings is 2. The largest absolute Gasteiger partial charge is 0.419 e. The van der Waals surface area contributed by atoms with Gasteiger partial charge in [0.15, 0.2) is 0 Å². The fourth-order valence-corrected chi connectivity index (χ4v) is 5.60. The van der Waals surface area contributed by atoms with Gasteiger partial charge in [-0.25, -0.2) is 9.18 Å². The molecule has 0 spiro atoms. The minimum Gasteiger partial charge on any atom is -0.323 e. The lowest BCUT2D eigenvalue weighted by Crippen LogP contribution is -2.44. The van der Waals surface area contributed by atoms with Crippen LogP contribution in [0.2, 0.25) is 10.0 Å². The molecule has 0 saturated carbocycles. The van der Waals surface area contributed by atoms with E-state index < -0.39 is 17.6 Å². The molecular formula is C26H30Cl2F4N4O. The number of likely N-dealkylation sites (tertiary alicyclic amines) is 2. The molecule has 3 atom stereocenters. The van der Waals surface area contributed by atoms with Crippen molar-refractivity contribution in [2.75, 3.05) is 47.3 Å². The second-order valence-electron chi connectivity index (χ2n) is 10.1. The molecule has 4 rings (SSSR count). The fourth-order valence-electron chi connectivity index (χ4n) is 5.29. The molecule has 2 aromatic carbocycles. The second kappa shape index (κ2) is 11.0. The van der Waals surface area contributed by atoms with E-state index in [0.717, 1.165) is 24.1 Å². The predicted octanol–water partition coefficient (Wildman–Crippen LogP) is 5.81. The molecule has 0 bridgehead atoms. The first-order valence-electron chi connectivity index (χ1n) is 12.1. The van der Waals surface area contributed by atoms with Gasteiger partial charge in [-0.3, -0.25) is 4.90 Å². The number of amides is 2. The smallest absolute Gasteiger partial charge is 0.323 e. The maximum atomic E-state index is 14.2. The molecule has 0 N–H and O–H groups in total. The summed E-state index contributed by atoms with van der Waals surface area (Å²) >= 11 is 12.4. The van der Waals surface area contributed by atoms with Gasteiger partial charge in [0, 0.05) is 50.7 Å². The molecule has 2 heterocycles. The minimum absolute atomic E-state index is 0.0362. The van der Waals surface area contributed by atoms with Crippen LogP contribution >= 0.6 is 23.2 Å². The van der Waals surface area contributed by atoms with E-state index in [2.05, 4.69) is 4.90 Å². The van der Waals surface area contributed by atoms with E-state index >= 15 is 0 Å². The van der Waals surface area contributed by atoms with Crippen LogP contribution in [0.3, 0.4) is 0 Å². The van der Waals surface area contributed by atoms with Gasteiger partial charge in [0.2, 0.25) is 0 Å². The highest BCUT2D eigenvalue weighted by Crippen LogP contribution is 2.36. The first-order chi connectivity index (χ1) is 17.3. The first-order valence-corrected chi connectivity index (χ1v) is 12.8. The average Bonchev–Trinajstić information content (AvgIpc) is 3.48. The highest BCUT2D eigenvalue weighted by Gasteiger charge is 2.41. The van der Waals surface area contributed by atoms with Crippen LogP contribution in [-0.2, 0) is 12.7 Å². The van der Waals surface area contributed by atoms with Crippen LogP contribution in [0.1, 0.15) is 29.0 Å².